The van der Waals surface area contributed by atoms with Crippen LogP contribution in [-0.2, 0) is 0 Å². The number of aromatic nitrogens is 1. The zero-order valence-electron chi connectivity index (χ0n) is 12.3. The molecule has 0 aliphatic carbocycles. The molecule has 2 aliphatic rings. The standard InChI is InChI=1S/C16H22N4/c1-12-6-7-18-16(15(12)9-17)20-11-14-5-3-4-8-19(14)10-13(20)2/h6-7,13-14H,3-5,8,10-11H2,1-2H3. The van der Waals surface area contributed by atoms with E-state index < -0.39 is 0 Å². The van der Waals surface area contributed by atoms with E-state index in [4.69, 9.17) is 0 Å². The lowest BCUT2D eigenvalue weighted by Crippen LogP contribution is -2.59. The summed E-state index contributed by atoms with van der Waals surface area (Å²) >= 11 is 0. The maximum atomic E-state index is 9.42. The fourth-order valence-corrected chi connectivity index (χ4v) is 3.55. The SMILES string of the molecule is Cc1ccnc(N2CC3CCCCN3CC2C)c1C#N. The van der Waals surface area contributed by atoms with Crippen molar-refractivity contribution in [3.05, 3.63) is 23.4 Å². The summed E-state index contributed by atoms with van der Waals surface area (Å²) in [5.74, 6) is 0.880. The number of nitriles is 1. The average molecular weight is 270 g/mol. The number of piperazine rings is 1. The van der Waals surface area contributed by atoms with Crippen molar-refractivity contribution < 1.29 is 0 Å². The van der Waals surface area contributed by atoms with E-state index >= 15 is 0 Å². The van der Waals surface area contributed by atoms with Gasteiger partial charge in [-0.2, -0.15) is 5.26 Å². The van der Waals surface area contributed by atoms with Crippen LogP contribution in [0.4, 0.5) is 5.82 Å². The Hall–Kier alpha value is -1.60. The molecule has 0 N–H and O–H groups in total. The van der Waals surface area contributed by atoms with E-state index in [0.29, 0.717) is 12.1 Å². The summed E-state index contributed by atoms with van der Waals surface area (Å²) in [5.41, 5.74) is 1.76. The van der Waals surface area contributed by atoms with Gasteiger partial charge in [0.1, 0.15) is 11.9 Å². The molecule has 0 saturated carbocycles. The zero-order chi connectivity index (χ0) is 14.1. The Kier molecular flexibility index (Phi) is 3.62. The number of pyridine rings is 1. The second-order valence-electron chi connectivity index (χ2n) is 6.08. The van der Waals surface area contributed by atoms with E-state index in [1.807, 2.05) is 19.2 Å². The highest BCUT2D eigenvalue weighted by Crippen LogP contribution is 2.29. The number of piperidine rings is 1. The van der Waals surface area contributed by atoms with Crippen LogP contribution in [0.2, 0.25) is 0 Å². The summed E-state index contributed by atoms with van der Waals surface area (Å²) in [6.07, 6.45) is 5.76. The predicted molar refractivity (Wildman–Crippen MR) is 79.7 cm³/mol. The molecule has 0 aromatic carbocycles. The Bertz CT molecular complexity index is 534. The molecule has 4 heteroatoms. The quantitative estimate of drug-likeness (QED) is 0.785. The van der Waals surface area contributed by atoms with Crippen LogP contribution in [0.25, 0.3) is 0 Å². The number of hydrogen-bond acceptors (Lipinski definition) is 4. The molecule has 0 spiro atoms. The minimum absolute atomic E-state index is 0.422. The molecular weight excluding hydrogens is 248 g/mol. The topological polar surface area (TPSA) is 43.2 Å². The van der Waals surface area contributed by atoms with Gasteiger partial charge < -0.3 is 4.90 Å². The molecule has 2 fully saturated rings. The second-order valence-corrected chi connectivity index (χ2v) is 6.08. The van der Waals surface area contributed by atoms with Crippen LogP contribution < -0.4 is 4.90 Å². The highest BCUT2D eigenvalue weighted by molar-refractivity contribution is 5.58. The van der Waals surface area contributed by atoms with E-state index in [1.54, 1.807) is 0 Å². The van der Waals surface area contributed by atoms with Crippen LogP contribution in [0.15, 0.2) is 12.3 Å². The molecule has 4 nitrogen and oxygen atoms in total. The molecule has 20 heavy (non-hydrogen) atoms. The molecule has 1 aromatic heterocycles. The number of rotatable bonds is 1. The van der Waals surface area contributed by atoms with Gasteiger partial charge in [-0.3, -0.25) is 4.90 Å². The van der Waals surface area contributed by atoms with Crippen molar-refractivity contribution in [1.82, 2.24) is 9.88 Å². The van der Waals surface area contributed by atoms with Gasteiger partial charge in [0, 0.05) is 31.4 Å². The zero-order valence-corrected chi connectivity index (χ0v) is 12.3. The molecule has 2 unspecified atom stereocenters. The Morgan fingerprint density at radius 3 is 3.00 bits per heavy atom. The summed E-state index contributed by atoms with van der Waals surface area (Å²) < 4.78 is 0. The highest BCUT2D eigenvalue weighted by atomic mass is 15.3. The van der Waals surface area contributed by atoms with Crippen molar-refractivity contribution in [2.24, 2.45) is 0 Å². The van der Waals surface area contributed by atoms with Gasteiger partial charge >= 0.3 is 0 Å². The number of anilines is 1. The summed E-state index contributed by atoms with van der Waals surface area (Å²) in [5, 5.41) is 9.42. The van der Waals surface area contributed by atoms with E-state index in [-0.39, 0.29) is 0 Å². The molecule has 0 amide bonds. The predicted octanol–water partition coefficient (Wildman–Crippen LogP) is 2.32. The number of nitrogens with zero attached hydrogens (tertiary/aromatic N) is 4. The lowest BCUT2D eigenvalue weighted by Gasteiger charge is -2.48. The third-order valence-corrected chi connectivity index (χ3v) is 4.71. The first-order valence-corrected chi connectivity index (χ1v) is 7.57. The van der Waals surface area contributed by atoms with E-state index in [1.165, 1.54) is 25.8 Å². The second kappa shape index (κ2) is 5.41. The third kappa shape index (κ3) is 2.27. The fourth-order valence-electron chi connectivity index (χ4n) is 3.55. The lowest BCUT2D eigenvalue weighted by atomic mass is 9.96. The van der Waals surface area contributed by atoms with Gasteiger partial charge in [-0.05, 0) is 44.9 Å². The maximum Gasteiger partial charge on any atom is 0.147 e. The maximum absolute atomic E-state index is 9.42. The minimum atomic E-state index is 0.422. The first-order chi connectivity index (χ1) is 9.70. The summed E-state index contributed by atoms with van der Waals surface area (Å²) in [7, 11) is 0. The summed E-state index contributed by atoms with van der Waals surface area (Å²) in [6.45, 7) is 7.56. The largest absolute Gasteiger partial charge is 0.350 e. The normalized spacial score (nSPS) is 26.9. The van der Waals surface area contributed by atoms with Crippen LogP contribution in [0.3, 0.4) is 0 Å². The first kappa shape index (κ1) is 13.4. The van der Waals surface area contributed by atoms with Crippen LogP contribution in [-0.4, -0.2) is 41.6 Å². The molecule has 0 radical (unpaired) electrons. The van der Waals surface area contributed by atoms with Crippen LogP contribution >= 0.6 is 0 Å². The number of aryl methyl sites for hydroxylation is 1. The molecule has 2 saturated heterocycles. The number of hydrogen-bond donors (Lipinski definition) is 0. The van der Waals surface area contributed by atoms with E-state index in [2.05, 4.69) is 27.8 Å². The van der Waals surface area contributed by atoms with Gasteiger partial charge in [-0.15, -0.1) is 0 Å². The Morgan fingerprint density at radius 1 is 1.35 bits per heavy atom. The van der Waals surface area contributed by atoms with Crippen molar-refractivity contribution in [1.29, 1.82) is 5.26 Å². The molecule has 3 rings (SSSR count). The van der Waals surface area contributed by atoms with Gasteiger partial charge in [-0.1, -0.05) is 6.42 Å². The molecule has 3 heterocycles. The van der Waals surface area contributed by atoms with Crippen molar-refractivity contribution in [2.45, 2.75) is 45.2 Å². The van der Waals surface area contributed by atoms with Gasteiger partial charge in [0.25, 0.3) is 0 Å². The van der Waals surface area contributed by atoms with Gasteiger partial charge in [0.05, 0.1) is 5.56 Å². The van der Waals surface area contributed by atoms with Crippen LogP contribution in [0.1, 0.15) is 37.3 Å². The lowest BCUT2D eigenvalue weighted by molar-refractivity contribution is 0.115. The Balaban J connectivity index is 1.90. The third-order valence-electron chi connectivity index (χ3n) is 4.71. The Morgan fingerprint density at radius 2 is 2.20 bits per heavy atom. The van der Waals surface area contributed by atoms with Crippen molar-refractivity contribution >= 4 is 5.82 Å². The highest BCUT2D eigenvalue weighted by Gasteiger charge is 2.34. The van der Waals surface area contributed by atoms with Crippen LogP contribution in [0, 0.1) is 18.3 Å². The number of fused-ring (bicyclic) bond motifs is 1. The molecule has 2 aliphatic heterocycles. The Labute approximate surface area is 121 Å². The average Bonchev–Trinajstić information content (AvgIpc) is 2.46. The van der Waals surface area contributed by atoms with Gasteiger partial charge in [0.15, 0.2) is 0 Å². The molecule has 0 bridgehead atoms. The fraction of sp³-hybridized carbons (Fsp3) is 0.625. The van der Waals surface area contributed by atoms with E-state index in [9.17, 15) is 5.26 Å². The van der Waals surface area contributed by atoms with Gasteiger partial charge in [0.2, 0.25) is 0 Å². The van der Waals surface area contributed by atoms with Crippen molar-refractivity contribution in [3.8, 4) is 6.07 Å². The summed E-state index contributed by atoms with van der Waals surface area (Å²) in [4.78, 5) is 9.47. The van der Waals surface area contributed by atoms with E-state index in [0.717, 1.165) is 30.0 Å². The molecule has 2 atom stereocenters. The first-order valence-electron chi connectivity index (χ1n) is 7.57. The summed E-state index contributed by atoms with van der Waals surface area (Å²) in [6, 6.07) is 5.31. The molecule has 1 aromatic rings. The molecular formula is C16H22N4. The smallest absolute Gasteiger partial charge is 0.147 e. The van der Waals surface area contributed by atoms with Crippen LogP contribution in [0.5, 0.6) is 0 Å². The van der Waals surface area contributed by atoms with Crippen molar-refractivity contribution in [3.63, 3.8) is 0 Å². The van der Waals surface area contributed by atoms with Gasteiger partial charge in [-0.25, -0.2) is 4.98 Å². The molecule has 106 valence electrons. The minimum Gasteiger partial charge on any atom is -0.350 e. The monoisotopic (exact) mass is 270 g/mol. The van der Waals surface area contributed by atoms with Crippen molar-refractivity contribution in [2.75, 3.05) is 24.5 Å².